The van der Waals surface area contributed by atoms with Gasteiger partial charge in [0.05, 0.1) is 0 Å². The fourth-order valence-corrected chi connectivity index (χ4v) is 7.43. The highest BCUT2D eigenvalue weighted by atomic mass is 35.5. The van der Waals surface area contributed by atoms with E-state index in [0.29, 0.717) is 21.5 Å². The molecule has 1 amide bonds. The number of carbonyl (C=O) groups is 1. The molecule has 2 aromatic carbocycles. The van der Waals surface area contributed by atoms with E-state index in [1.807, 2.05) is 0 Å². The Morgan fingerprint density at radius 3 is 2.24 bits per heavy atom. The maximum atomic E-state index is 12.9. The zero-order valence-electron chi connectivity index (χ0n) is 16.8. The zero-order valence-corrected chi connectivity index (χ0v) is 18.3. The van der Waals surface area contributed by atoms with Gasteiger partial charge in [-0.05, 0) is 91.9 Å². The molecular weight excluding hydrogens is 401 g/mol. The van der Waals surface area contributed by atoms with Gasteiger partial charge in [-0.2, -0.15) is 0 Å². The Labute approximate surface area is 183 Å². The topological polar surface area (TPSA) is 29.1 Å². The van der Waals surface area contributed by atoms with E-state index >= 15 is 0 Å². The lowest BCUT2D eigenvalue weighted by Gasteiger charge is -2.61. The summed E-state index contributed by atoms with van der Waals surface area (Å²) in [4.78, 5) is 12.9. The number of amides is 1. The summed E-state index contributed by atoms with van der Waals surface area (Å²) in [6.07, 6.45) is 6.56. The van der Waals surface area contributed by atoms with Gasteiger partial charge in [0.25, 0.3) is 5.91 Å². The van der Waals surface area contributed by atoms with Crippen molar-refractivity contribution in [2.75, 3.05) is 6.54 Å². The van der Waals surface area contributed by atoms with E-state index in [9.17, 15) is 4.79 Å². The van der Waals surface area contributed by atoms with Gasteiger partial charge in [0.1, 0.15) is 0 Å². The lowest BCUT2D eigenvalue weighted by Crippen LogP contribution is -2.55. The van der Waals surface area contributed by atoms with E-state index in [0.717, 1.165) is 24.3 Å². The van der Waals surface area contributed by atoms with Crippen LogP contribution in [0.5, 0.6) is 0 Å². The lowest BCUT2D eigenvalue weighted by atomic mass is 9.44. The summed E-state index contributed by atoms with van der Waals surface area (Å²) in [6.45, 7) is 2.88. The molecule has 0 radical (unpaired) electrons. The summed E-state index contributed by atoms with van der Waals surface area (Å²) in [6, 6.07) is 14.2. The summed E-state index contributed by atoms with van der Waals surface area (Å²) in [5.41, 5.74) is 3.47. The van der Waals surface area contributed by atoms with Crippen molar-refractivity contribution in [2.45, 2.75) is 44.9 Å². The van der Waals surface area contributed by atoms with Gasteiger partial charge in [-0.1, -0.05) is 53.0 Å². The van der Waals surface area contributed by atoms with Crippen LogP contribution in [0.25, 0.3) is 0 Å². The van der Waals surface area contributed by atoms with Crippen LogP contribution in [0.3, 0.4) is 0 Å². The molecule has 4 aliphatic rings. The van der Waals surface area contributed by atoms with Crippen molar-refractivity contribution in [3.63, 3.8) is 0 Å². The number of carbonyl (C=O) groups excluding carboxylic acids is 1. The molecule has 4 bridgehead atoms. The predicted molar refractivity (Wildman–Crippen MR) is 119 cm³/mol. The summed E-state index contributed by atoms with van der Waals surface area (Å²) in [7, 11) is 0. The summed E-state index contributed by atoms with van der Waals surface area (Å²) >= 11 is 12.2. The molecule has 4 aliphatic carbocycles. The van der Waals surface area contributed by atoms with Crippen LogP contribution in [0, 0.1) is 30.1 Å². The fourth-order valence-electron chi connectivity index (χ4n) is 6.91. The first-order valence-electron chi connectivity index (χ1n) is 10.7. The molecule has 1 N–H and O–H groups in total. The first-order chi connectivity index (χ1) is 13.9. The average Bonchev–Trinajstić information content (AvgIpc) is 2.66. The molecule has 2 nitrogen and oxygen atoms in total. The van der Waals surface area contributed by atoms with E-state index in [1.165, 1.54) is 43.2 Å². The van der Waals surface area contributed by atoms with Crippen LogP contribution >= 0.6 is 23.2 Å². The monoisotopic (exact) mass is 427 g/mol. The second-order valence-electron chi connectivity index (χ2n) is 9.70. The Bertz CT molecular complexity index is 904. The van der Waals surface area contributed by atoms with Crippen LogP contribution < -0.4 is 5.32 Å². The molecule has 6 rings (SSSR count). The summed E-state index contributed by atoms with van der Waals surface area (Å²) < 4.78 is 0. The van der Waals surface area contributed by atoms with Crippen LogP contribution in [0.4, 0.5) is 0 Å². The highest BCUT2D eigenvalue weighted by Gasteiger charge is 2.57. The molecule has 152 valence electrons. The van der Waals surface area contributed by atoms with Gasteiger partial charge in [0.2, 0.25) is 0 Å². The largest absolute Gasteiger partial charge is 0.351 e. The predicted octanol–water partition coefficient (Wildman–Crippen LogP) is 6.64. The average molecular weight is 428 g/mol. The van der Waals surface area contributed by atoms with Gasteiger partial charge in [-0.15, -0.1) is 0 Å². The van der Waals surface area contributed by atoms with Crippen molar-refractivity contribution in [1.29, 1.82) is 0 Å². The minimum atomic E-state index is -0.0761. The van der Waals surface area contributed by atoms with Crippen LogP contribution in [0.2, 0.25) is 10.0 Å². The second-order valence-corrected chi connectivity index (χ2v) is 10.6. The number of nitrogens with one attached hydrogen (secondary N) is 1. The molecule has 3 atom stereocenters. The fraction of sp³-hybridized carbons (Fsp3) is 0.480. The maximum Gasteiger partial charge on any atom is 0.251 e. The minimum absolute atomic E-state index is 0.0761. The van der Waals surface area contributed by atoms with E-state index in [1.54, 1.807) is 18.2 Å². The molecule has 29 heavy (non-hydrogen) atoms. The van der Waals surface area contributed by atoms with Gasteiger partial charge in [-0.3, -0.25) is 4.79 Å². The van der Waals surface area contributed by atoms with E-state index in [4.69, 9.17) is 23.2 Å². The van der Waals surface area contributed by atoms with E-state index in [-0.39, 0.29) is 11.3 Å². The molecule has 0 aliphatic heterocycles. The molecule has 0 heterocycles. The normalized spacial score (nSPS) is 32.4. The second kappa shape index (κ2) is 7.32. The van der Waals surface area contributed by atoms with Crippen LogP contribution in [-0.4, -0.2) is 12.5 Å². The number of benzene rings is 2. The molecule has 3 unspecified atom stereocenters. The Morgan fingerprint density at radius 2 is 1.62 bits per heavy atom. The Kier molecular flexibility index (Phi) is 4.91. The van der Waals surface area contributed by atoms with Crippen LogP contribution in [0.15, 0.2) is 42.5 Å². The van der Waals surface area contributed by atoms with Crippen molar-refractivity contribution in [2.24, 2.45) is 23.2 Å². The van der Waals surface area contributed by atoms with Gasteiger partial charge < -0.3 is 5.32 Å². The third-order valence-corrected chi connectivity index (χ3v) is 8.06. The number of hydrogen-bond donors (Lipinski definition) is 1. The van der Waals surface area contributed by atoms with Gasteiger partial charge in [0.15, 0.2) is 0 Å². The van der Waals surface area contributed by atoms with Crippen molar-refractivity contribution < 1.29 is 4.79 Å². The van der Waals surface area contributed by atoms with E-state index < -0.39 is 0 Å². The Hall–Kier alpha value is -1.51. The smallest absolute Gasteiger partial charge is 0.251 e. The SMILES string of the molecule is Cc1ccc(C2C3CC4CC(C3)CC2(CNC(=O)c2cc(Cl)cc(Cl)c2)C4)cc1. The molecule has 0 aromatic heterocycles. The maximum absolute atomic E-state index is 12.9. The molecule has 4 heteroatoms. The number of rotatable bonds is 4. The lowest BCUT2D eigenvalue weighted by molar-refractivity contribution is -0.0731. The molecule has 2 aromatic rings. The molecular formula is C25H27Cl2NO. The third-order valence-electron chi connectivity index (χ3n) is 7.62. The van der Waals surface area contributed by atoms with Crippen LogP contribution in [-0.2, 0) is 0 Å². The Balaban J connectivity index is 1.42. The van der Waals surface area contributed by atoms with E-state index in [2.05, 4.69) is 36.5 Å². The Morgan fingerprint density at radius 1 is 1.00 bits per heavy atom. The molecule has 0 spiro atoms. The van der Waals surface area contributed by atoms with Crippen molar-refractivity contribution in [1.82, 2.24) is 5.32 Å². The summed E-state index contributed by atoms with van der Waals surface area (Å²) in [5.74, 6) is 2.87. The van der Waals surface area contributed by atoms with Gasteiger partial charge in [-0.25, -0.2) is 0 Å². The quantitative estimate of drug-likeness (QED) is 0.581. The van der Waals surface area contributed by atoms with Crippen molar-refractivity contribution in [3.8, 4) is 0 Å². The first kappa shape index (κ1) is 19.5. The molecule has 0 saturated heterocycles. The number of aryl methyl sites for hydroxylation is 1. The number of halogens is 2. The minimum Gasteiger partial charge on any atom is -0.351 e. The molecule has 4 saturated carbocycles. The van der Waals surface area contributed by atoms with Crippen molar-refractivity contribution in [3.05, 3.63) is 69.2 Å². The standard InChI is InChI=1S/C25H27Cl2NO/c1-15-2-4-18(5-3-15)23-19-7-16-6-17(8-19)13-25(23,12-16)14-28-24(29)20-9-21(26)11-22(27)10-20/h2-5,9-11,16-17,19,23H,6-8,12-14H2,1H3,(H,28,29). The number of hydrogen-bond acceptors (Lipinski definition) is 1. The van der Waals surface area contributed by atoms with Crippen molar-refractivity contribution >= 4 is 29.1 Å². The zero-order chi connectivity index (χ0) is 20.2. The first-order valence-corrected chi connectivity index (χ1v) is 11.5. The van der Waals surface area contributed by atoms with Gasteiger partial charge >= 0.3 is 0 Å². The van der Waals surface area contributed by atoms with Gasteiger partial charge in [0, 0.05) is 22.2 Å². The van der Waals surface area contributed by atoms with Crippen LogP contribution in [0.1, 0.15) is 59.5 Å². The highest BCUT2D eigenvalue weighted by molar-refractivity contribution is 6.35. The third kappa shape index (κ3) is 3.59. The highest BCUT2D eigenvalue weighted by Crippen LogP contribution is 2.65. The molecule has 4 fully saturated rings. The summed E-state index contributed by atoms with van der Waals surface area (Å²) in [5, 5.41) is 4.26.